The van der Waals surface area contributed by atoms with Crippen molar-refractivity contribution < 1.29 is 14.3 Å². The summed E-state index contributed by atoms with van der Waals surface area (Å²) >= 11 is 0. The second kappa shape index (κ2) is 9.19. The molecular weight excluding hydrogens is 342 g/mol. The highest BCUT2D eigenvalue weighted by Gasteiger charge is 2.16. The summed E-state index contributed by atoms with van der Waals surface area (Å²) in [6.07, 6.45) is -0.538. The van der Waals surface area contributed by atoms with Crippen molar-refractivity contribution in [1.29, 1.82) is 0 Å². The van der Waals surface area contributed by atoms with Crippen molar-refractivity contribution in [2.75, 3.05) is 23.1 Å². The first-order valence-corrected chi connectivity index (χ1v) is 8.89. The molecule has 0 heterocycles. The molecule has 0 aliphatic rings. The molecule has 0 aliphatic carbocycles. The normalized spacial score (nSPS) is 12.8. The van der Waals surface area contributed by atoms with Crippen LogP contribution >= 0.6 is 0 Å². The van der Waals surface area contributed by atoms with Crippen LogP contribution in [0.3, 0.4) is 0 Å². The molecule has 0 aliphatic heterocycles. The van der Waals surface area contributed by atoms with E-state index in [4.69, 9.17) is 4.74 Å². The minimum Gasteiger partial charge on any atom is -0.374 e. The minimum absolute atomic E-state index is 0.130. The molecule has 2 amide bonds. The van der Waals surface area contributed by atoms with Gasteiger partial charge in [0.05, 0.1) is 0 Å². The largest absolute Gasteiger partial charge is 0.374 e. The van der Waals surface area contributed by atoms with E-state index in [1.165, 1.54) is 7.11 Å². The molecular formula is C21H27N3O3. The number of anilines is 3. The van der Waals surface area contributed by atoms with Gasteiger partial charge in [-0.1, -0.05) is 24.3 Å². The topological polar surface area (TPSA) is 79.5 Å². The average Bonchev–Trinajstić information content (AvgIpc) is 2.64. The molecule has 0 saturated heterocycles. The van der Waals surface area contributed by atoms with Crippen LogP contribution in [0.5, 0.6) is 0 Å². The predicted octanol–water partition coefficient (Wildman–Crippen LogP) is 3.72. The summed E-state index contributed by atoms with van der Waals surface area (Å²) in [5.41, 5.74) is 4.25. The monoisotopic (exact) mass is 369 g/mol. The van der Waals surface area contributed by atoms with Crippen molar-refractivity contribution in [3.63, 3.8) is 0 Å². The Kier molecular flexibility index (Phi) is 6.96. The summed E-state index contributed by atoms with van der Waals surface area (Å²) in [5.74, 6) is -0.356. The van der Waals surface area contributed by atoms with Gasteiger partial charge in [-0.2, -0.15) is 0 Å². The highest BCUT2D eigenvalue weighted by molar-refractivity contribution is 5.98. The molecule has 2 aromatic carbocycles. The zero-order chi connectivity index (χ0) is 20.0. The van der Waals surface area contributed by atoms with Crippen molar-refractivity contribution in [2.24, 2.45) is 0 Å². The second-order valence-corrected chi connectivity index (χ2v) is 6.57. The molecule has 3 N–H and O–H groups in total. The van der Waals surface area contributed by atoms with Gasteiger partial charge in [0.1, 0.15) is 12.1 Å². The number of carbonyl (C=O) groups excluding carboxylic acids is 2. The van der Waals surface area contributed by atoms with Gasteiger partial charge in [-0.05, 0) is 57.0 Å². The Morgan fingerprint density at radius 3 is 2.11 bits per heavy atom. The van der Waals surface area contributed by atoms with Crippen LogP contribution in [-0.4, -0.2) is 31.1 Å². The number of rotatable bonds is 7. The summed E-state index contributed by atoms with van der Waals surface area (Å²) in [6, 6.07) is 12.7. The van der Waals surface area contributed by atoms with Gasteiger partial charge < -0.3 is 20.7 Å². The SMILES string of the molecule is COC(C)C(=O)Nc1cccc(NC(C)C(=O)Nc2c(C)cccc2C)c1. The number of ether oxygens (including phenoxy) is 1. The Morgan fingerprint density at radius 1 is 0.889 bits per heavy atom. The Hall–Kier alpha value is -2.86. The fourth-order valence-corrected chi connectivity index (χ4v) is 2.60. The van der Waals surface area contributed by atoms with E-state index in [2.05, 4.69) is 16.0 Å². The van der Waals surface area contributed by atoms with Crippen molar-refractivity contribution in [3.05, 3.63) is 53.6 Å². The van der Waals surface area contributed by atoms with Crippen molar-refractivity contribution >= 4 is 28.9 Å². The number of aryl methyl sites for hydroxylation is 2. The fourth-order valence-electron chi connectivity index (χ4n) is 2.60. The number of para-hydroxylation sites is 1. The number of hydrogen-bond donors (Lipinski definition) is 3. The van der Waals surface area contributed by atoms with Crippen LogP contribution in [0, 0.1) is 13.8 Å². The molecule has 27 heavy (non-hydrogen) atoms. The van der Waals surface area contributed by atoms with E-state index in [1.807, 2.05) is 44.2 Å². The standard InChI is InChI=1S/C21H27N3O3/c1-13-8-6-9-14(2)19(13)24-20(25)15(3)22-17-10-7-11-18(12-17)23-21(26)16(4)27-5/h6-12,15-16,22H,1-5H3,(H,23,26)(H,24,25). The lowest BCUT2D eigenvalue weighted by Crippen LogP contribution is -2.32. The first kappa shape index (κ1) is 20.5. The van der Waals surface area contributed by atoms with E-state index in [1.54, 1.807) is 26.0 Å². The second-order valence-electron chi connectivity index (χ2n) is 6.57. The fraction of sp³-hybridized carbons (Fsp3) is 0.333. The van der Waals surface area contributed by atoms with Crippen LogP contribution in [0.1, 0.15) is 25.0 Å². The zero-order valence-electron chi connectivity index (χ0n) is 16.4. The maximum Gasteiger partial charge on any atom is 0.253 e. The van der Waals surface area contributed by atoms with Crippen LogP contribution in [0.4, 0.5) is 17.1 Å². The van der Waals surface area contributed by atoms with Crippen LogP contribution < -0.4 is 16.0 Å². The van der Waals surface area contributed by atoms with Crippen LogP contribution in [0.2, 0.25) is 0 Å². The summed E-state index contributed by atoms with van der Waals surface area (Å²) in [5, 5.41) is 8.93. The van der Waals surface area contributed by atoms with Crippen LogP contribution in [0.25, 0.3) is 0 Å². The lowest BCUT2D eigenvalue weighted by atomic mass is 10.1. The summed E-state index contributed by atoms with van der Waals surface area (Å²) in [6.45, 7) is 7.40. The third kappa shape index (κ3) is 5.56. The summed E-state index contributed by atoms with van der Waals surface area (Å²) in [4.78, 5) is 24.5. The van der Waals surface area contributed by atoms with Gasteiger partial charge in [-0.15, -0.1) is 0 Å². The van der Waals surface area contributed by atoms with Crippen LogP contribution in [0.15, 0.2) is 42.5 Å². The molecule has 2 atom stereocenters. The van der Waals surface area contributed by atoms with Gasteiger partial charge in [-0.25, -0.2) is 0 Å². The van der Waals surface area contributed by atoms with Crippen molar-refractivity contribution in [2.45, 2.75) is 39.8 Å². The Balaban J connectivity index is 2.03. The zero-order valence-corrected chi connectivity index (χ0v) is 16.4. The van der Waals surface area contributed by atoms with Crippen molar-refractivity contribution in [3.8, 4) is 0 Å². The van der Waals surface area contributed by atoms with E-state index >= 15 is 0 Å². The third-order valence-electron chi connectivity index (χ3n) is 4.36. The average molecular weight is 369 g/mol. The maximum atomic E-state index is 12.6. The van der Waals surface area contributed by atoms with E-state index in [0.717, 1.165) is 22.5 Å². The molecule has 0 radical (unpaired) electrons. The van der Waals surface area contributed by atoms with Gasteiger partial charge in [0.15, 0.2) is 0 Å². The molecule has 2 unspecified atom stereocenters. The van der Waals surface area contributed by atoms with Crippen LogP contribution in [-0.2, 0) is 14.3 Å². The molecule has 6 heteroatoms. The Bertz CT molecular complexity index is 800. The Morgan fingerprint density at radius 2 is 1.48 bits per heavy atom. The summed E-state index contributed by atoms with van der Waals surface area (Å²) < 4.78 is 5.01. The van der Waals surface area contributed by atoms with Gasteiger partial charge in [0.25, 0.3) is 5.91 Å². The molecule has 0 aromatic heterocycles. The number of carbonyl (C=O) groups is 2. The number of methoxy groups -OCH3 is 1. The molecule has 2 rings (SSSR count). The predicted molar refractivity (Wildman–Crippen MR) is 109 cm³/mol. The van der Waals surface area contributed by atoms with Crippen molar-refractivity contribution in [1.82, 2.24) is 0 Å². The molecule has 144 valence electrons. The van der Waals surface area contributed by atoms with E-state index in [-0.39, 0.29) is 11.8 Å². The highest BCUT2D eigenvalue weighted by atomic mass is 16.5. The number of nitrogens with one attached hydrogen (secondary N) is 3. The molecule has 0 saturated carbocycles. The number of hydrogen-bond acceptors (Lipinski definition) is 4. The van der Waals surface area contributed by atoms with Gasteiger partial charge in [-0.3, -0.25) is 9.59 Å². The smallest absolute Gasteiger partial charge is 0.253 e. The maximum absolute atomic E-state index is 12.6. The lowest BCUT2D eigenvalue weighted by molar-refractivity contribution is -0.124. The van der Waals surface area contributed by atoms with E-state index < -0.39 is 12.1 Å². The van der Waals surface area contributed by atoms with Gasteiger partial charge in [0.2, 0.25) is 5.91 Å². The van der Waals surface area contributed by atoms with Gasteiger partial charge in [0, 0.05) is 24.2 Å². The van der Waals surface area contributed by atoms with Gasteiger partial charge >= 0.3 is 0 Å². The Labute approximate surface area is 160 Å². The molecule has 6 nitrogen and oxygen atoms in total. The summed E-state index contributed by atoms with van der Waals surface area (Å²) in [7, 11) is 1.48. The van der Waals surface area contributed by atoms with E-state index in [9.17, 15) is 9.59 Å². The number of amides is 2. The lowest BCUT2D eigenvalue weighted by Gasteiger charge is -2.18. The third-order valence-corrected chi connectivity index (χ3v) is 4.36. The minimum atomic E-state index is -0.538. The first-order chi connectivity index (χ1) is 12.8. The highest BCUT2D eigenvalue weighted by Crippen LogP contribution is 2.21. The molecule has 2 aromatic rings. The molecule has 0 spiro atoms. The molecule has 0 fully saturated rings. The first-order valence-electron chi connectivity index (χ1n) is 8.89. The molecule has 0 bridgehead atoms. The number of benzene rings is 2. The van der Waals surface area contributed by atoms with E-state index in [0.29, 0.717) is 5.69 Å². The quantitative estimate of drug-likeness (QED) is 0.695.